The quantitative estimate of drug-likeness (QED) is 0.106. The maximum atomic E-state index is 12.5. The summed E-state index contributed by atoms with van der Waals surface area (Å²) in [4.78, 5) is 69.7. The number of aliphatic hydroxyl groups is 1. The number of aliphatic carboxylic acids is 2. The molecule has 0 saturated carbocycles. The van der Waals surface area contributed by atoms with Crippen LogP contribution in [-0.4, -0.2) is 87.4 Å². The van der Waals surface area contributed by atoms with Crippen LogP contribution in [0.4, 0.5) is 0 Å². The lowest BCUT2D eigenvalue weighted by Gasteiger charge is -2.24. The first kappa shape index (κ1) is 28.1. The van der Waals surface area contributed by atoms with Crippen LogP contribution in [0.5, 0.6) is 0 Å². The average Bonchev–Trinajstić information content (AvgIpc) is 2.70. The van der Waals surface area contributed by atoms with Crippen LogP contribution in [0.25, 0.3) is 0 Å². The second kappa shape index (κ2) is 14.2. The lowest BCUT2D eigenvalue weighted by Crippen LogP contribution is -2.58. The third kappa shape index (κ3) is 11.2. The summed E-state index contributed by atoms with van der Waals surface area (Å²) in [5.74, 6) is -6.51. The monoisotopic (exact) mass is 465 g/mol. The normalized spacial score (nSPS) is 14.4. The highest BCUT2D eigenvalue weighted by atomic mass is 32.1. The Bertz CT molecular complexity index is 690. The number of rotatable bonds is 15. The zero-order valence-electron chi connectivity index (χ0n) is 16.4. The largest absolute Gasteiger partial charge is 0.481 e. The van der Waals surface area contributed by atoms with E-state index in [0.717, 1.165) is 0 Å². The number of primary amides is 1. The van der Waals surface area contributed by atoms with E-state index in [1.807, 2.05) is 0 Å². The van der Waals surface area contributed by atoms with Crippen LogP contribution < -0.4 is 27.4 Å². The summed E-state index contributed by atoms with van der Waals surface area (Å²) in [5.41, 5.74) is 10.4. The molecule has 0 heterocycles. The summed E-state index contributed by atoms with van der Waals surface area (Å²) in [6.45, 7) is -0.677. The Kier molecular flexibility index (Phi) is 12.8. The van der Waals surface area contributed by atoms with E-state index in [2.05, 4.69) is 28.6 Å². The molecule has 0 aromatic heterocycles. The molecule has 31 heavy (non-hydrogen) atoms. The Morgan fingerprint density at radius 1 is 0.806 bits per heavy atom. The highest BCUT2D eigenvalue weighted by Crippen LogP contribution is 2.04. The fraction of sp³-hybridized carbons (Fsp3) is 0.625. The van der Waals surface area contributed by atoms with Crippen LogP contribution in [0.2, 0.25) is 0 Å². The van der Waals surface area contributed by atoms with Gasteiger partial charge in [0.15, 0.2) is 0 Å². The minimum atomic E-state index is -1.56. The lowest BCUT2D eigenvalue weighted by atomic mass is 10.1. The number of carboxylic acid groups (broad SMARTS) is 2. The third-order valence-corrected chi connectivity index (χ3v) is 4.29. The standard InChI is InChI=1S/C16H27N5O9S/c17-7(5-22)13(26)21-10(6-31)15(28)19-8(1-3-11(18)23)14(27)20-9(16(29)30)2-4-12(24)25/h7-10,22,31H,1-6,17H2,(H2,18,23)(H,19,28)(H,20,27)(H,21,26)(H,24,25)(H,29,30). The summed E-state index contributed by atoms with van der Waals surface area (Å²) in [5, 5.41) is 33.3. The number of carbonyl (C=O) groups excluding carboxylic acids is 4. The van der Waals surface area contributed by atoms with E-state index < -0.39 is 79.2 Å². The molecule has 0 bridgehead atoms. The van der Waals surface area contributed by atoms with E-state index in [0.29, 0.717) is 0 Å². The van der Waals surface area contributed by atoms with Crippen molar-refractivity contribution in [2.75, 3.05) is 12.4 Å². The van der Waals surface area contributed by atoms with E-state index in [4.69, 9.17) is 26.8 Å². The van der Waals surface area contributed by atoms with Gasteiger partial charge in [0.2, 0.25) is 23.6 Å². The van der Waals surface area contributed by atoms with Gasteiger partial charge in [-0.2, -0.15) is 12.6 Å². The summed E-state index contributed by atoms with van der Waals surface area (Å²) >= 11 is 3.93. The molecule has 176 valence electrons. The molecule has 0 radical (unpaired) electrons. The fourth-order valence-corrected chi connectivity index (χ4v) is 2.44. The van der Waals surface area contributed by atoms with Crippen molar-refractivity contribution in [3.8, 4) is 0 Å². The Labute approximate surface area is 182 Å². The maximum absolute atomic E-state index is 12.5. The van der Waals surface area contributed by atoms with Crippen molar-refractivity contribution < 1.29 is 44.1 Å². The van der Waals surface area contributed by atoms with Crippen LogP contribution in [-0.2, 0) is 28.8 Å². The van der Waals surface area contributed by atoms with E-state index >= 15 is 0 Å². The van der Waals surface area contributed by atoms with E-state index in [1.165, 1.54) is 0 Å². The van der Waals surface area contributed by atoms with Gasteiger partial charge in [-0.15, -0.1) is 0 Å². The Morgan fingerprint density at radius 3 is 1.74 bits per heavy atom. The van der Waals surface area contributed by atoms with Crippen LogP contribution in [0, 0.1) is 0 Å². The molecule has 0 aromatic carbocycles. The number of nitrogens with two attached hydrogens (primary N) is 2. The Hall–Kier alpha value is -2.91. The molecule has 14 nitrogen and oxygen atoms in total. The smallest absolute Gasteiger partial charge is 0.326 e. The number of nitrogens with one attached hydrogen (secondary N) is 3. The van der Waals surface area contributed by atoms with Crippen molar-refractivity contribution in [1.29, 1.82) is 0 Å². The molecule has 15 heteroatoms. The number of carbonyl (C=O) groups is 6. The zero-order valence-corrected chi connectivity index (χ0v) is 17.3. The number of amides is 4. The molecule has 0 aliphatic rings. The molecule has 4 amide bonds. The van der Waals surface area contributed by atoms with Crippen molar-refractivity contribution in [1.82, 2.24) is 16.0 Å². The molecule has 0 aliphatic heterocycles. The number of hydrogen-bond donors (Lipinski definition) is 9. The van der Waals surface area contributed by atoms with E-state index in [1.54, 1.807) is 0 Å². The predicted molar refractivity (Wildman–Crippen MR) is 108 cm³/mol. The topological polar surface area (TPSA) is 251 Å². The molecular formula is C16H27N5O9S. The predicted octanol–water partition coefficient (Wildman–Crippen LogP) is -4.09. The van der Waals surface area contributed by atoms with E-state index in [9.17, 15) is 28.8 Å². The van der Waals surface area contributed by atoms with Gasteiger partial charge in [-0.3, -0.25) is 24.0 Å². The first-order chi connectivity index (χ1) is 14.4. The minimum absolute atomic E-state index is 0.212. The van der Waals surface area contributed by atoms with Gasteiger partial charge in [0.1, 0.15) is 24.2 Å². The minimum Gasteiger partial charge on any atom is -0.481 e. The van der Waals surface area contributed by atoms with Gasteiger partial charge in [0.05, 0.1) is 6.61 Å². The van der Waals surface area contributed by atoms with Crippen molar-refractivity contribution in [2.45, 2.75) is 49.9 Å². The van der Waals surface area contributed by atoms with Gasteiger partial charge in [-0.05, 0) is 12.8 Å². The van der Waals surface area contributed by atoms with Gasteiger partial charge in [0, 0.05) is 18.6 Å². The molecule has 0 aliphatic carbocycles. The van der Waals surface area contributed by atoms with Crippen molar-refractivity contribution in [2.24, 2.45) is 11.5 Å². The molecule has 0 spiro atoms. The molecule has 10 N–H and O–H groups in total. The highest BCUT2D eigenvalue weighted by molar-refractivity contribution is 7.80. The molecule has 0 saturated heterocycles. The lowest BCUT2D eigenvalue weighted by molar-refractivity contribution is -0.143. The third-order valence-electron chi connectivity index (χ3n) is 3.92. The second-order valence-corrected chi connectivity index (χ2v) is 6.80. The highest BCUT2D eigenvalue weighted by Gasteiger charge is 2.30. The van der Waals surface area contributed by atoms with Crippen LogP contribution in [0.3, 0.4) is 0 Å². The molecule has 4 unspecified atom stereocenters. The molecule has 0 fully saturated rings. The van der Waals surface area contributed by atoms with Crippen LogP contribution in [0.15, 0.2) is 0 Å². The molecule has 4 atom stereocenters. The SMILES string of the molecule is NC(=O)CCC(NC(=O)C(CS)NC(=O)C(N)CO)C(=O)NC(CCC(=O)O)C(=O)O. The van der Waals surface area contributed by atoms with Crippen LogP contribution in [0.1, 0.15) is 25.7 Å². The maximum Gasteiger partial charge on any atom is 0.326 e. The molecule has 0 aromatic rings. The van der Waals surface area contributed by atoms with Gasteiger partial charge in [0.25, 0.3) is 0 Å². The number of aliphatic hydroxyl groups excluding tert-OH is 1. The summed E-state index contributed by atoms with van der Waals surface area (Å²) < 4.78 is 0. The van der Waals surface area contributed by atoms with Crippen molar-refractivity contribution >= 4 is 48.2 Å². The molecular weight excluding hydrogens is 438 g/mol. The summed E-state index contributed by atoms with van der Waals surface area (Å²) in [6, 6.07) is -5.54. The first-order valence-electron chi connectivity index (χ1n) is 9.04. The number of carboxylic acids is 2. The van der Waals surface area contributed by atoms with Gasteiger partial charge < -0.3 is 42.7 Å². The Morgan fingerprint density at radius 2 is 1.29 bits per heavy atom. The summed E-state index contributed by atoms with van der Waals surface area (Å²) in [6.07, 6.45) is -1.57. The van der Waals surface area contributed by atoms with Gasteiger partial charge in [-0.1, -0.05) is 0 Å². The fourth-order valence-electron chi connectivity index (χ4n) is 2.18. The zero-order chi connectivity index (χ0) is 24.1. The first-order valence-corrected chi connectivity index (χ1v) is 9.67. The van der Waals surface area contributed by atoms with Crippen molar-refractivity contribution in [3.05, 3.63) is 0 Å². The number of thiol groups is 1. The van der Waals surface area contributed by atoms with Gasteiger partial charge >= 0.3 is 11.9 Å². The second-order valence-electron chi connectivity index (χ2n) is 6.43. The number of hydrogen-bond acceptors (Lipinski definition) is 9. The van der Waals surface area contributed by atoms with Crippen LogP contribution >= 0.6 is 12.6 Å². The van der Waals surface area contributed by atoms with E-state index in [-0.39, 0.29) is 18.6 Å². The average molecular weight is 465 g/mol. The Balaban J connectivity index is 5.33. The molecule has 0 rings (SSSR count). The van der Waals surface area contributed by atoms with Gasteiger partial charge in [-0.25, -0.2) is 4.79 Å². The van der Waals surface area contributed by atoms with Crippen molar-refractivity contribution in [3.63, 3.8) is 0 Å². The summed E-state index contributed by atoms with van der Waals surface area (Å²) in [7, 11) is 0.